The van der Waals surface area contributed by atoms with Crippen molar-refractivity contribution in [3.05, 3.63) is 33.9 Å². The summed E-state index contributed by atoms with van der Waals surface area (Å²) in [6, 6.07) is 4.11. The Morgan fingerprint density at radius 3 is 2.36 bits per heavy atom. The van der Waals surface area contributed by atoms with Crippen molar-refractivity contribution in [3.63, 3.8) is 0 Å². The Kier molecular flexibility index (Phi) is 5.50. The Bertz CT molecular complexity index is 638. The molecule has 1 aromatic rings. The van der Waals surface area contributed by atoms with Gasteiger partial charge in [0.15, 0.2) is 0 Å². The third-order valence-electron chi connectivity index (χ3n) is 4.95. The van der Waals surface area contributed by atoms with Crippen molar-refractivity contribution in [2.45, 2.75) is 19.4 Å². The zero-order chi connectivity index (χ0) is 17.8. The Hall–Kier alpha value is -2.19. The summed E-state index contributed by atoms with van der Waals surface area (Å²) in [4.78, 5) is 28.9. The van der Waals surface area contributed by atoms with Gasteiger partial charge in [-0.3, -0.25) is 24.7 Å². The maximum atomic E-state index is 12.2. The number of phenols is 1. The van der Waals surface area contributed by atoms with Crippen molar-refractivity contribution < 1.29 is 14.8 Å². The second-order valence-corrected chi connectivity index (χ2v) is 6.71. The number of nitro benzene ring substituents is 1. The van der Waals surface area contributed by atoms with Crippen LogP contribution in [0, 0.1) is 10.1 Å². The molecule has 0 atom stereocenters. The molecular weight excluding hydrogens is 324 g/mol. The summed E-state index contributed by atoms with van der Waals surface area (Å²) >= 11 is 0. The van der Waals surface area contributed by atoms with Crippen LogP contribution in [-0.2, 0) is 11.3 Å². The van der Waals surface area contributed by atoms with Gasteiger partial charge in [-0.05, 0) is 18.9 Å². The molecule has 0 spiro atoms. The highest BCUT2D eigenvalue weighted by Gasteiger charge is 2.24. The van der Waals surface area contributed by atoms with Crippen LogP contribution in [0.3, 0.4) is 0 Å². The van der Waals surface area contributed by atoms with E-state index < -0.39 is 4.92 Å². The smallest absolute Gasteiger partial charge is 0.270 e. The van der Waals surface area contributed by atoms with Crippen LogP contribution in [0.15, 0.2) is 18.2 Å². The lowest BCUT2D eigenvalue weighted by Crippen LogP contribution is -2.49. The summed E-state index contributed by atoms with van der Waals surface area (Å²) in [5.74, 6) is 0.291. The summed E-state index contributed by atoms with van der Waals surface area (Å²) < 4.78 is 0. The third-order valence-corrected chi connectivity index (χ3v) is 4.95. The Morgan fingerprint density at radius 1 is 1.08 bits per heavy atom. The van der Waals surface area contributed by atoms with E-state index in [0.29, 0.717) is 18.7 Å². The molecule has 2 aliphatic heterocycles. The van der Waals surface area contributed by atoms with Gasteiger partial charge in [-0.15, -0.1) is 0 Å². The molecule has 1 N–H and O–H groups in total. The van der Waals surface area contributed by atoms with E-state index in [-0.39, 0.29) is 17.3 Å². The fourth-order valence-electron chi connectivity index (χ4n) is 3.42. The van der Waals surface area contributed by atoms with Gasteiger partial charge in [-0.2, -0.15) is 0 Å². The molecule has 2 heterocycles. The standard InChI is InChI=1S/C17H24N4O4/c22-16-4-3-15(21(24)25)11-14(16)12-18-7-9-19(10-8-18)13-17(23)20-5-1-2-6-20/h3-4,11,22H,1-2,5-10,12-13H2. The first-order chi connectivity index (χ1) is 12.0. The highest BCUT2D eigenvalue weighted by Crippen LogP contribution is 2.24. The molecule has 8 heteroatoms. The minimum atomic E-state index is -0.454. The van der Waals surface area contributed by atoms with E-state index in [9.17, 15) is 20.0 Å². The van der Waals surface area contributed by atoms with Gasteiger partial charge < -0.3 is 10.0 Å². The van der Waals surface area contributed by atoms with Crippen LogP contribution in [0.5, 0.6) is 5.75 Å². The SMILES string of the molecule is O=C(CN1CCN(Cc2cc([N+](=O)[O-])ccc2O)CC1)N1CCCC1. The van der Waals surface area contributed by atoms with Crippen LogP contribution in [0.1, 0.15) is 18.4 Å². The fourth-order valence-corrected chi connectivity index (χ4v) is 3.42. The number of hydrogen-bond donors (Lipinski definition) is 1. The van der Waals surface area contributed by atoms with Gasteiger partial charge in [0.25, 0.3) is 5.69 Å². The number of benzene rings is 1. The van der Waals surface area contributed by atoms with Crippen LogP contribution in [0.2, 0.25) is 0 Å². The first kappa shape index (κ1) is 17.6. The van der Waals surface area contributed by atoms with Crippen LogP contribution in [-0.4, -0.2) is 76.5 Å². The average Bonchev–Trinajstić information content (AvgIpc) is 3.13. The minimum Gasteiger partial charge on any atom is -0.508 e. The molecule has 3 rings (SSSR count). The average molecular weight is 348 g/mol. The highest BCUT2D eigenvalue weighted by atomic mass is 16.6. The molecule has 8 nitrogen and oxygen atoms in total. The number of hydrogen-bond acceptors (Lipinski definition) is 6. The molecule has 0 bridgehead atoms. The number of non-ortho nitro benzene ring substituents is 1. The number of amides is 1. The van der Waals surface area contributed by atoms with E-state index in [1.165, 1.54) is 18.2 Å². The second-order valence-electron chi connectivity index (χ2n) is 6.71. The van der Waals surface area contributed by atoms with Crippen molar-refractivity contribution in [2.75, 3.05) is 45.8 Å². The van der Waals surface area contributed by atoms with Crippen molar-refractivity contribution in [1.82, 2.24) is 14.7 Å². The van der Waals surface area contributed by atoms with E-state index >= 15 is 0 Å². The van der Waals surface area contributed by atoms with E-state index in [1.807, 2.05) is 4.90 Å². The summed E-state index contributed by atoms with van der Waals surface area (Å²) in [5.41, 5.74) is 0.554. The number of nitrogens with zero attached hydrogens (tertiary/aromatic N) is 4. The molecular formula is C17H24N4O4. The molecule has 0 unspecified atom stereocenters. The van der Waals surface area contributed by atoms with Crippen LogP contribution >= 0.6 is 0 Å². The fraction of sp³-hybridized carbons (Fsp3) is 0.588. The van der Waals surface area contributed by atoms with Crippen molar-refractivity contribution >= 4 is 11.6 Å². The summed E-state index contributed by atoms with van der Waals surface area (Å²) in [5, 5.41) is 20.8. The number of carbonyl (C=O) groups is 1. The van der Waals surface area contributed by atoms with E-state index in [4.69, 9.17) is 0 Å². The lowest BCUT2D eigenvalue weighted by molar-refractivity contribution is -0.385. The molecule has 1 aromatic carbocycles. The van der Waals surface area contributed by atoms with Crippen molar-refractivity contribution in [1.29, 1.82) is 0 Å². The van der Waals surface area contributed by atoms with Crippen LogP contribution < -0.4 is 0 Å². The Labute approximate surface area is 146 Å². The number of carbonyl (C=O) groups excluding carboxylic acids is 1. The van der Waals surface area contributed by atoms with Gasteiger partial charge in [0.1, 0.15) is 5.75 Å². The third kappa shape index (κ3) is 4.46. The second kappa shape index (κ2) is 7.79. The molecule has 1 amide bonds. The van der Waals surface area contributed by atoms with Gasteiger partial charge in [-0.1, -0.05) is 0 Å². The molecule has 25 heavy (non-hydrogen) atoms. The van der Waals surface area contributed by atoms with Crippen molar-refractivity contribution in [2.24, 2.45) is 0 Å². The largest absolute Gasteiger partial charge is 0.508 e. The molecule has 0 aliphatic carbocycles. The predicted octanol–water partition coefficient (Wildman–Crippen LogP) is 1.04. The van der Waals surface area contributed by atoms with Crippen LogP contribution in [0.25, 0.3) is 0 Å². The van der Waals surface area contributed by atoms with Gasteiger partial charge in [0.2, 0.25) is 5.91 Å². The normalized spacial score (nSPS) is 19.3. The highest BCUT2D eigenvalue weighted by molar-refractivity contribution is 5.78. The molecule has 136 valence electrons. The lowest BCUT2D eigenvalue weighted by atomic mass is 10.1. The lowest BCUT2D eigenvalue weighted by Gasteiger charge is -2.35. The van der Waals surface area contributed by atoms with Gasteiger partial charge in [0, 0.05) is 63.5 Å². The summed E-state index contributed by atoms with van der Waals surface area (Å²) in [7, 11) is 0. The van der Waals surface area contributed by atoms with Crippen molar-refractivity contribution in [3.8, 4) is 5.75 Å². The topological polar surface area (TPSA) is 90.2 Å². The van der Waals surface area contributed by atoms with E-state index in [1.54, 1.807) is 0 Å². The monoisotopic (exact) mass is 348 g/mol. The predicted molar refractivity (Wildman–Crippen MR) is 92.3 cm³/mol. The maximum absolute atomic E-state index is 12.2. The number of phenolic OH excluding ortho intramolecular Hbond substituents is 1. The quantitative estimate of drug-likeness (QED) is 0.632. The van der Waals surface area contributed by atoms with Gasteiger partial charge in [0.05, 0.1) is 11.5 Å². The Balaban J connectivity index is 1.50. The number of piperazine rings is 1. The first-order valence-corrected chi connectivity index (χ1v) is 8.72. The summed E-state index contributed by atoms with van der Waals surface area (Å²) in [6.45, 7) is 5.82. The minimum absolute atomic E-state index is 0.0114. The molecule has 0 saturated carbocycles. The zero-order valence-electron chi connectivity index (χ0n) is 14.3. The molecule has 0 radical (unpaired) electrons. The number of aromatic hydroxyl groups is 1. The zero-order valence-corrected chi connectivity index (χ0v) is 14.3. The first-order valence-electron chi connectivity index (χ1n) is 8.72. The Morgan fingerprint density at radius 2 is 1.72 bits per heavy atom. The molecule has 2 aliphatic rings. The molecule has 2 saturated heterocycles. The molecule has 2 fully saturated rings. The molecule has 0 aromatic heterocycles. The maximum Gasteiger partial charge on any atom is 0.270 e. The summed E-state index contributed by atoms with van der Waals surface area (Å²) in [6.07, 6.45) is 2.21. The number of nitro groups is 1. The van der Waals surface area contributed by atoms with Crippen LogP contribution in [0.4, 0.5) is 5.69 Å². The van der Waals surface area contributed by atoms with E-state index in [0.717, 1.165) is 52.1 Å². The van der Waals surface area contributed by atoms with E-state index in [2.05, 4.69) is 9.80 Å². The van der Waals surface area contributed by atoms with Gasteiger partial charge in [-0.25, -0.2) is 0 Å². The van der Waals surface area contributed by atoms with Gasteiger partial charge >= 0.3 is 0 Å². The number of rotatable bonds is 5. The number of likely N-dealkylation sites (tertiary alicyclic amines) is 1.